The van der Waals surface area contributed by atoms with Crippen LogP contribution in [0, 0.1) is 35.3 Å². The van der Waals surface area contributed by atoms with Crippen molar-refractivity contribution in [1.82, 2.24) is 0 Å². The number of benzene rings is 2. The quantitative estimate of drug-likeness (QED) is 0.554. The zero-order valence-corrected chi connectivity index (χ0v) is 18.1. The molecule has 9 heteroatoms. The Bertz CT molecular complexity index is 1190. The van der Waals surface area contributed by atoms with Gasteiger partial charge in [-0.15, -0.1) is 0 Å². The molecule has 2 aromatic rings. The van der Waals surface area contributed by atoms with Crippen LogP contribution < -0.4 is 5.73 Å². The van der Waals surface area contributed by atoms with E-state index in [0.29, 0.717) is 11.1 Å². The number of rotatable bonds is 6. The summed E-state index contributed by atoms with van der Waals surface area (Å²) in [6, 6.07) is 5.65. The average molecular weight is 471 g/mol. The van der Waals surface area contributed by atoms with E-state index in [2.05, 4.69) is 0 Å². The van der Waals surface area contributed by atoms with Crippen molar-refractivity contribution >= 4 is 23.3 Å². The second-order valence-corrected chi connectivity index (χ2v) is 8.95. The summed E-state index contributed by atoms with van der Waals surface area (Å²) >= 11 is 0. The van der Waals surface area contributed by atoms with Crippen molar-refractivity contribution in [3.05, 3.63) is 53.1 Å². The molecule has 2 aliphatic rings. The van der Waals surface area contributed by atoms with Gasteiger partial charge in [-0.1, -0.05) is 6.07 Å². The Morgan fingerprint density at radius 1 is 1.09 bits per heavy atom. The monoisotopic (exact) mass is 471 g/mol. The zero-order valence-electron chi connectivity index (χ0n) is 18.1. The van der Waals surface area contributed by atoms with Gasteiger partial charge in [-0.25, -0.2) is 8.78 Å². The number of phenols is 1. The molecule has 178 valence electrons. The molecule has 7 nitrogen and oxygen atoms in total. The number of phenolic OH excluding ortho intramolecular Hbond substituents is 1. The lowest BCUT2D eigenvalue weighted by atomic mass is 9.59. The molecule has 34 heavy (non-hydrogen) atoms. The molecular weight excluding hydrogens is 448 g/mol. The molecule has 4 N–H and O–H groups in total. The number of nitrogens with two attached hydrogens (primary N) is 1. The fourth-order valence-corrected chi connectivity index (χ4v) is 5.54. The normalized spacial score (nSPS) is 23.9. The van der Waals surface area contributed by atoms with Crippen LogP contribution in [0.25, 0.3) is 11.1 Å². The van der Waals surface area contributed by atoms with Crippen LogP contribution in [-0.4, -0.2) is 40.1 Å². The zero-order chi connectivity index (χ0) is 24.7. The van der Waals surface area contributed by atoms with E-state index >= 15 is 0 Å². The van der Waals surface area contributed by atoms with E-state index in [-0.39, 0.29) is 42.7 Å². The maximum atomic E-state index is 13.9. The van der Waals surface area contributed by atoms with Crippen molar-refractivity contribution in [2.24, 2.45) is 29.4 Å². The van der Waals surface area contributed by atoms with Gasteiger partial charge in [-0.05, 0) is 66.0 Å². The Kier molecular flexibility index (Phi) is 6.31. The van der Waals surface area contributed by atoms with Crippen LogP contribution in [-0.2, 0) is 20.8 Å². The molecule has 0 aliphatic heterocycles. The fraction of sp³-hybridized carbons (Fsp3) is 0.360. The Hall–Kier alpha value is -3.46. The first kappa shape index (κ1) is 23.7. The van der Waals surface area contributed by atoms with Gasteiger partial charge in [0.25, 0.3) is 0 Å². The summed E-state index contributed by atoms with van der Waals surface area (Å²) in [4.78, 5) is 50.8. The van der Waals surface area contributed by atoms with E-state index in [1.54, 1.807) is 0 Å². The summed E-state index contributed by atoms with van der Waals surface area (Å²) in [6.07, 6.45) is -0.143. The molecule has 4 rings (SSSR count). The highest BCUT2D eigenvalue weighted by molar-refractivity contribution is 6.20. The number of primary amides is 1. The fourth-order valence-electron chi connectivity index (χ4n) is 5.54. The summed E-state index contributed by atoms with van der Waals surface area (Å²) in [6.45, 7) is -0.297. The van der Waals surface area contributed by atoms with Crippen molar-refractivity contribution in [2.45, 2.75) is 25.7 Å². The maximum Gasteiger partial charge on any atom is 0.224 e. The number of fused-ring (bicyclic) bond motifs is 2. The first-order valence-electron chi connectivity index (χ1n) is 10.9. The van der Waals surface area contributed by atoms with Gasteiger partial charge < -0.3 is 15.9 Å². The number of aliphatic hydroxyl groups is 1. The molecule has 1 amide bonds. The van der Waals surface area contributed by atoms with Crippen LogP contribution >= 0.6 is 0 Å². The second kappa shape index (κ2) is 9.06. The highest BCUT2D eigenvalue weighted by atomic mass is 19.1. The summed E-state index contributed by atoms with van der Waals surface area (Å²) in [5, 5.41) is 20.0. The molecule has 2 aliphatic carbocycles. The number of amides is 1. The summed E-state index contributed by atoms with van der Waals surface area (Å²) < 4.78 is 27.8. The minimum Gasteiger partial charge on any atom is -0.507 e. The van der Waals surface area contributed by atoms with Gasteiger partial charge >= 0.3 is 0 Å². The molecule has 0 bridgehead atoms. The van der Waals surface area contributed by atoms with Gasteiger partial charge in [0.15, 0.2) is 17.3 Å². The topological polar surface area (TPSA) is 135 Å². The van der Waals surface area contributed by atoms with Crippen LogP contribution in [0.2, 0.25) is 0 Å². The average Bonchev–Trinajstić information content (AvgIpc) is 2.72. The van der Waals surface area contributed by atoms with Gasteiger partial charge in [0.1, 0.15) is 17.4 Å². The van der Waals surface area contributed by atoms with Gasteiger partial charge in [-0.2, -0.15) is 0 Å². The lowest BCUT2D eigenvalue weighted by Gasteiger charge is -2.42. The first-order chi connectivity index (χ1) is 16.1. The lowest BCUT2D eigenvalue weighted by Crippen LogP contribution is -2.50. The number of carbonyl (C=O) groups excluding carboxylic acids is 4. The number of hydrogen-bond donors (Lipinski definition) is 3. The Morgan fingerprint density at radius 2 is 1.76 bits per heavy atom. The summed E-state index contributed by atoms with van der Waals surface area (Å²) in [5.41, 5.74) is 5.92. The minimum absolute atomic E-state index is 0.113. The minimum atomic E-state index is -1.26. The van der Waals surface area contributed by atoms with Gasteiger partial charge in [-0.3, -0.25) is 19.2 Å². The highest BCUT2D eigenvalue weighted by Gasteiger charge is 2.52. The smallest absolute Gasteiger partial charge is 0.224 e. The Balaban J connectivity index is 1.80. The Morgan fingerprint density at radius 3 is 2.38 bits per heavy atom. The van der Waals surface area contributed by atoms with E-state index in [4.69, 9.17) is 5.73 Å². The predicted octanol–water partition coefficient (Wildman–Crippen LogP) is 2.34. The number of ketones is 3. The third kappa shape index (κ3) is 4.11. The number of aromatic hydroxyl groups is 1. The van der Waals surface area contributed by atoms with E-state index in [9.17, 15) is 38.2 Å². The van der Waals surface area contributed by atoms with E-state index in [1.165, 1.54) is 12.1 Å². The molecular formula is C25H23F2NO6. The van der Waals surface area contributed by atoms with Crippen molar-refractivity contribution < 1.29 is 38.2 Å². The van der Waals surface area contributed by atoms with Crippen LogP contribution in [0.4, 0.5) is 8.78 Å². The van der Waals surface area contributed by atoms with E-state index < -0.39 is 65.0 Å². The molecule has 1 fully saturated rings. The van der Waals surface area contributed by atoms with E-state index in [0.717, 1.165) is 18.2 Å². The number of carbonyl (C=O) groups is 4. The van der Waals surface area contributed by atoms with Crippen LogP contribution in [0.15, 0.2) is 30.3 Å². The molecule has 0 heterocycles. The molecule has 4 atom stereocenters. The largest absolute Gasteiger partial charge is 0.507 e. The molecule has 0 spiro atoms. The predicted molar refractivity (Wildman–Crippen MR) is 116 cm³/mol. The number of halogens is 2. The standard InChI is InChI=1S/C25H23F2NO6/c26-14-6-12(7-15(27)9-14)16-1-2-18(30)23-17(16)8-13-5-11(3-4-29)21(19(31)10-20(28)32)24(33)22(13)25(23)34/h1-2,6-7,9,11,13,21-22,29-30H,3-5,8,10H2,(H2,28,32)/t11-,13-,21+,22?/m1/s1. The molecule has 1 saturated carbocycles. The molecule has 1 unspecified atom stereocenters. The number of aliphatic hydroxyl groups excluding tert-OH is 1. The molecule has 0 radical (unpaired) electrons. The summed E-state index contributed by atoms with van der Waals surface area (Å²) in [5.74, 6) is -8.49. The van der Waals surface area contributed by atoms with Crippen molar-refractivity contribution in [3.63, 3.8) is 0 Å². The van der Waals surface area contributed by atoms with Crippen LogP contribution in [0.5, 0.6) is 5.75 Å². The van der Waals surface area contributed by atoms with Crippen molar-refractivity contribution in [1.29, 1.82) is 0 Å². The van der Waals surface area contributed by atoms with Crippen LogP contribution in [0.1, 0.15) is 35.2 Å². The first-order valence-corrected chi connectivity index (χ1v) is 10.9. The van der Waals surface area contributed by atoms with E-state index in [1.807, 2.05) is 0 Å². The third-order valence-corrected chi connectivity index (χ3v) is 6.82. The SMILES string of the molecule is NC(=O)CC(=O)[C@H]1C(=O)C2C(=O)c3c(O)ccc(-c4cc(F)cc(F)c4)c3C[C@H]2C[C@H]1CCO. The van der Waals surface area contributed by atoms with Crippen LogP contribution in [0.3, 0.4) is 0 Å². The highest BCUT2D eigenvalue weighted by Crippen LogP contribution is 2.48. The van der Waals surface area contributed by atoms with Crippen molar-refractivity contribution in [2.75, 3.05) is 6.61 Å². The number of hydrogen-bond acceptors (Lipinski definition) is 6. The second-order valence-electron chi connectivity index (χ2n) is 8.95. The molecule has 0 saturated heterocycles. The third-order valence-electron chi connectivity index (χ3n) is 6.82. The lowest BCUT2D eigenvalue weighted by molar-refractivity contribution is -0.142. The summed E-state index contributed by atoms with van der Waals surface area (Å²) in [7, 11) is 0. The Labute approximate surface area is 193 Å². The van der Waals surface area contributed by atoms with Gasteiger partial charge in [0, 0.05) is 12.7 Å². The molecule has 0 aromatic heterocycles. The maximum absolute atomic E-state index is 13.9. The van der Waals surface area contributed by atoms with Crippen molar-refractivity contribution in [3.8, 4) is 16.9 Å². The number of Topliss-reactive ketones (excluding diaryl/α,β-unsaturated/α-hetero) is 3. The molecule has 2 aromatic carbocycles. The van der Waals surface area contributed by atoms with Gasteiger partial charge in [0.05, 0.1) is 23.8 Å². The van der Waals surface area contributed by atoms with Gasteiger partial charge in [0.2, 0.25) is 5.91 Å².